The highest BCUT2D eigenvalue weighted by Crippen LogP contribution is 2.19. The minimum atomic E-state index is -0.0332. The van der Waals surface area contributed by atoms with Crippen LogP contribution in [0.1, 0.15) is 18.9 Å². The van der Waals surface area contributed by atoms with E-state index in [4.69, 9.17) is 10.5 Å². The number of carbonyl (C=O) groups is 1. The van der Waals surface area contributed by atoms with Crippen LogP contribution in [0.15, 0.2) is 29.4 Å². The summed E-state index contributed by atoms with van der Waals surface area (Å²) < 4.78 is 5.41. The van der Waals surface area contributed by atoms with Crippen molar-refractivity contribution in [2.24, 2.45) is 16.8 Å². The van der Waals surface area contributed by atoms with Gasteiger partial charge in [0.1, 0.15) is 12.4 Å². The Morgan fingerprint density at radius 2 is 2.17 bits per heavy atom. The van der Waals surface area contributed by atoms with Gasteiger partial charge in [0.15, 0.2) is 0 Å². The first-order valence-corrected chi connectivity index (χ1v) is 6.00. The highest BCUT2D eigenvalue weighted by atomic mass is 16.5. The van der Waals surface area contributed by atoms with E-state index in [1.54, 1.807) is 0 Å². The van der Waals surface area contributed by atoms with Gasteiger partial charge in [0.25, 0.3) is 0 Å². The minimum Gasteiger partial charge on any atom is -0.492 e. The minimum absolute atomic E-state index is 0.0332. The van der Waals surface area contributed by atoms with Crippen LogP contribution in [0.25, 0.3) is 0 Å². The molecule has 0 saturated carbocycles. The molecule has 0 spiro atoms. The fraction of sp³-hybridized carbons (Fsp3) is 0.385. The fourth-order valence-electron chi connectivity index (χ4n) is 1.90. The molecule has 0 saturated heterocycles. The molecule has 0 radical (unpaired) electrons. The van der Waals surface area contributed by atoms with Crippen molar-refractivity contribution in [3.05, 3.63) is 29.8 Å². The van der Waals surface area contributed by atoms with Crippen molar-refractivity contribution in [1.29, 1.82) is 0 Å². The summed E-state index contributed by atoms with van der Waals surface area (Å²) in [6.45, 7) is 3.00. The van der Waals surface area contributed by atoms with Crippen LogP contribution in [0.5, 0.6) is 5.75 Å². The SMILES string of the molecule is CC1CC(=O)NN=C1c1ccc(OCCN)cc1. The Bertz CT molecular complexity index is 454. The van der Waals surface area contributed by atoms with Crippen molar-refractivity contribution in [2.45, 2.75) is 13.3 Å². The molecule has 0 aromatic heterocycles. The van der Waals surface area contributed by atoms with E-state index in [9.17, 15) is 4.79 Å². The predicted octanol–water partition coefficient (Wildman–Crippen LogP) is 0.884. The van der Waals surface area contributed by atoms with Crippen molar-refractivity contribution < 1.29 is 9.53 Å². The smallest absolute Gasteiger partial charge is 0.240 e. The number of nitrogens with one attached hydrogen (secondary N) is 1. The van der Waals surface area contributed by atoms with Gasteiger partial charge in [-0.2, -0.15) is 5.10 Å². The molecule has 1 aliphatic heterocycles. The summed E-state index contributed by atoms with van der Waals surface area (Å²) in [5, 5.41) is 4.11. The number of nitrogens with two attached hydrogens (primary N) is 1. The second kappa shape index (κ2) is 5.64. The number of hydrazone groups is 1. The maximum atomic E-state index is 11.2. The number of amides is 1. The topological polar surface area (TPSA) is 76.7 Å². The fourth-order valence-corrected chi connectivity index (χ4v) is 1.90. The van der Waals surface area contributed by atoms with E-state index < -0.39 is 0 Å². The molecule has 5 nitrogen and oxygen atoms in total. The molecule has 3 N–H and O–H groups in total. The number of hydrogen-bond donors (Lipinski definition) is 2. The van der Waals surface area contributed by atoms with Gasteiger partial charge in [0.05, 0.1) is 5.71 Å². The molecule has 1 aromatic rings. The van der Waals surface area contributed by atoms with Crippen molar-refractivity contribution in [3.63, 3.8) is 0 Å². The Balaban J connectivity index is 2.12. The molecule has 1 aliphatic rings. The van der Waals surface area contributed by atoms with Gasteiger partial charge in [-0.25, -0.2) is 5.43 Å². The molecule has 0 aliphatic carbocycles. The highest BCUT2D eigenvalue weighted by Gasteiger charge is 2.21. The van der Waals surface area contributed by atoms with Crippen LogP contribution >= 0.6 is 0 Å². The molecule has 1 aromatic carbocycles. The zero-order chi connectivity index (χ0) is 13.0. The Morgan fingerprint density at radius 1 is 1.44 bits per heavy atom. The van der Waals surface area contributed by atoms with E-state index in [1.807, 2.05) is 31.2 Å². The highest BCUT2D eigenvalue weighted by molar-refractivity contribution is 6.05. The molecule has 96 valence electrons. The van der Waals surface area contributed by atoms with E-state index in [0.29, 0.717) is 19.6 Å². The van der Waals surface area contributed by atoms with Gasteiger partial charge in [-0.3, -0.25) is 4.79 Å². The number of rotatable bonds is 4. The number of benzene rings is 1. The van der Waals surface area contributed by atoms with Crippen molar-refractivity contribution in [1.82, 2.24) is 5.43 Å². The largest absolute Gasteiger partial charge is 0.492 e. The van der Waals surface area contributed by atoms with Crippen molar-refractivity contribution in [2.75, 3.05) is 13.2 Å². The molecule has 1 unspecified atom stereocenters. The molecule has 1 atom stereocenters. The lowest BCUT2D eigenvalue weighted by Gasteiger charge is -2.19. The summed E-state index contributed by atoms with van der Waals surface area (Å²) in [5.74, 6) is 0.890. The number of nitrogens with zero attached hydrogens (tertiary/aromatic N) is 1. The number of ether oxygens (including phenoxy) is 1. The molecule has 18 heavy (non-hydrogen) atoms. The van der Waals surface area contributed by atoms with E-state index in [0.717, 1.165) is 17.0 Å². The van der Waals surface area contributed by atoms with Gasteiger partial charge in [0, 0.05) is 18.9 Å². The van der Waals surface area contributed by atoms with Crippen LogP contribution in [0, 0.1) is 5.92 Å². The molecule has 2 rings (SSSR count). The van der Waals surface area contributed by atoms with Gasteiger partial charge < -0.3 is 10.5 Å². The summed E-state index contributed by atoms with van der Waals surface area (Å²) in [5.41, 5.74) is 9.79. The predicted molar refractivity (Wildman–Crippen MR) is 69.5 cm³/mol. The average molecular weight is 247 g/mol. The molecule has 0 bridgehead atoms. The maximum absolute atomic E-state index is 11.2. The van der Waals surface area contributed by atoms with Crippen LogP contribution in [-0.2, 0) is 4.79 Å². The third kappa shape index (κ3) is 2.87. The van der Waals surface area contributed by atoms with Gasteiger partial charge in [-0.15, -0.1) is 0 Å². The third-order valence-electron chi connectivity index (χ3n) is 2.80. The monoisotopic (exact) mass is 247 g/mol. The molecule has 1 heterocycles. The van der Waals surface area contributed by atoms with Crippen LogP contribution in [-0.4, -0.2) is 24.8 Å². The summed E-state index contributed by atoms with van der Waals surface area (Å²) >= 11 is 0. The van der Waals surface area contributed by atoms with Gasteiger partial charge in [-0.05, 0) is 29.8 Å². The summed E-state index contributed by atoms with van der Waals surface area (Å²) in [6.07, 6.45) is 0.476. The van der Waals surface area contributed by atoms with Gasteiger partial charge in [-0.1, -0.05) is 6.92 Å². The number of carbonyl (C=O) groups excluding carboxylic acids is 1. The Kier molecular flexibility index (Phi) is 3.94. The van der Waals surface area contributed by atoms with E-state index in [1.165, 1.54) is 0 Å². The second-order valence-corrected chi connectivity index (χ2v) is 4.30. The maximum Gasteiger partial charge on any atom is 0.240 e. The quantitative estimate of drug-likeness (QED) is 0.829. The zero-order valence-corrected chi connectivity index (χ0v) is 10.3. The van der Waals surface area contributed by atoms with Crippen LogP contribution in [0.2, 0.25) is 0 Å². The van der Waals surface area contributed by atoms with E-state index in [2.05, 4.69) is 10.5 Å². The average Bonchev–Trinajstić information content (AvgIpc) is 2.37. The van der Waals surface area contributed by atoms with Crippen molar-refractivity contribution in [3.8, 4) is 5.75 Å². The normalized spacial score (nSPS) is 19.1. The van der Waals surface area contributed by atoms with Gasteiger partial charge in [0.2, 0.25) is 5.91 Å². The first-order valence-electron chi connectivity index (χ1n) is 6.00. The number of hydrogen-bond acceptors (Lipinski definition) is 4. The Labute approximate surface area is 106 Å². The molecular formula is C13H17N3O2. The first-order chi connectivity index (χ1) is 8.70. The summed E-state index contributed by atoms with van der Waals surface area (Å²) in [4.78, 5) is 11.2. The van der Waals surface area contributed by atoms with Crippen molar-refractivity contribution >= 4 is 11.6 Å². The van der Waals surface area contributed by atoms with Crippen LogP contribution < -0.4 is 15.9 Å². The molecule has 0 fully saturated rings. The van der Waals surface area contributed by atoms with E-state index >= 15 is 0 Å². The standard InChI is InChI=1S/C13H17N3O2/c1-9-8-12(17)15-16-13(9)10-2-4-11(5-3-10)18-7-6-14/h2-5,9H,6-8,14H2,1H3,(H,15,17). The zero-order valence-electron chi connectivity index (χ0n) is 10.3. The third-order valence-corrected chi connectivity index (χ3v) is 2.80. The Morgan fingerprint density at radius 3 is 2.78 bits per heavy atom. The van der Waals surface area contributed by atoms with Crippen LogP contribution in [0.4, 0.5) is 0 Å². The molecule has 5 heteroatoms. The van der Waals surface area contributed by atoms with Crippen LogP contribution in [0.3, 0.4) is 0 Å². The lowest BCUT2D eigenvalue weighted by Crippen LogP contribution is -2.31. The van der Waals surface area contributed by atoms with Gasteiger partial charge >= 0.3 is 0 Å². The first kappa shape index (κ1) is 12.6. The Hall–Kier alpha value is -1.88. The molecule has 1 amide bonds. The summed E-state index contributed by atoms with van der Waals surface area (Å²) in [6, 6.07) is 7.66. The second-order valence-electron chi connectivity index (χ2n) is 4.30. The molecular weight excluding hydrogens is 230 g/mol. The summed E-state index contributed by atoms with van der Waals surface area (Å²) in [7, 11) is 0. The lowest BCUT2D eigenvalue weighted by atomic mass is 9.94. The van der Waals surface area contributed by atoms with E-state index in [-0.39, 0.29) is 11.8 Å². The lowest BCUT2D eigenvalue weighted by molar-refractivity contribution is -0.121.